The zero-order valence-corrected chi connectivity index (χ0v) is 32.6. The molecule has 3 heteroatoms. The highest BCUT2D eigenvalue weighted by Gasteiger charge is 2.17. The Morgan fingerprint density at radius 3 is 1.04 bits per heavy atom. The molecule has 9 aromatic carbocycles. The number of benzene rings is 9. The van der Waals surface area contributed by atoms with Gasteiger partial charge in [0.05, 0.1) is 0 Å². The summed E-state index contributed by atoms with van der Waals surface area (Å²) < 4.78 is 5.31. The van der Waals surface area contributed by atoms with Crippen LogP contribution in [0.3, 0.4) is 0 Å². The van der Waals surface area contributed by atoms with Gasteiger partial charge in [0, 0.05) is 57.4 Å². The molecule has 2 aromatic heterocycles. The minimum absolute atomic E-state index is 1.11. The maximum atomic E-state index is 2.38. The lowest BCUT2D eigenvalue weighted by Gasteiger charge is -2.26. The quantitative estimate of drug-likeness (QED) is 0.156. The standard InChI is InChI=1S/C54H35NS2/c1-2-12-36(13-3-1)43-14-4-5-15-44(43)37-24-30-40(31-25-37)55(41-32-26-38(27-33-41)45-18-10-20-49-47-16-6-8-22-51(47)56-53(45)49)42-34-28-39(29-35-42)46-19-11-21-50-48-17-7-9-23-52(48)57-54(46)50/h1-35H. The molecule has 0 bridgehead atoms. The van der Waals surface area contributed by atoms with Crippen LogP contribution in [0.1, 0.15) is 0 Å². The van der Waals surface area contributed by atoms with Crippen LogP contribution in [0.2, 0.25) is 0 Å². The minimum atomic E-state index is 1.11. The highest BCUT2D eigenvalue weighted by atomic mass is 32.1. The summed E-state index contributed by atoms with van der Waals surface area (Å²) >= 11 is 3.76. The molecule has 0 aliphatic rings. The van der Waals surface area contributed by atoms with Crippen LogP contribution in [0.25, 0.3) is 84.9 Å². The van der Waals surface area contributed by atoms with Crippen molar-refractivity contribution in [2.24, 2.45) is 0 Å². The van der Waals surface area contributed by atoms with E-state index in [0.29, 0.717) is 0 Å². The number of hydrogen-bond acceptors (Lipinski definition) is 3. The summed E-state index contributed by atoms with van der Waals surface area (Å²) in [6, 6.07) is 77.4. The summed E-state index contributed by atoms with van der Waals surface area (Å²) in [6.45, 7) is 0. The van der Waals surface area contributed by atoms with E-state index in [0.717, 1.165) is 17.1 Å². The molecule has 268 valence electrons. The monoisotopic (exact) mass is 761 g/mol. The highest BCUT2D eigenvalue weighted by Crippen LogP contribution is 2.44. The number of fused-ring (bicyclic) bond motifs is 6. The largest absolute Gasteiger partial charge is 0.311 e. The molecule has 11 rings (SSSR count). The van der Waals surface area contributed by atoms with Crippen molar-refractivity contribution in [2.45, 2.75) is 0 Å². The van der Waals surface area contributed by atoms with Gasteiger partial charge in [0.25, 0.3) is 0 Å². The molecule has 0 aliphatic carbocycles. The number of rotatable bonds is 7. The number of anilines is 3. The van der Waals surface area contributed by atoms with E-state index in [1.54, 1.807) is 0 Å². The van der Waals surface area contributed by atoms with Crippen molar-refractivity contribution in [1.29, 1.82) is 0 Å². The van der Waals surface area contributed by atoms with Crippen molar-refractivity contribution < 1.29 is 0 Å². The van der Waals surface area contributed by atoms with E-state index >= 15 is 0 Å². The topological polar surface area (TPSA) is 3.24 Å². The Balaban J connectivity index is 1.00. The van der Waals surface area contributed by atoms with Crippen molar-refractivity contribution in [3.8, 4) is 44.5 Å². The van der Waals surface area contributed by atoms with Crippen LogP contribution in [0.4, 0.5) is 17.1 Å². The predicted molar refractivity (Wildman–Crippen MR) is 249 cm³/mol. The Labute approximate surface area is 340 Å². The summed E-state index contributed by atoms with van der Waals surface area (Å²) in [6.07, 6.45) is 0. The Morgan fingerprint density at radius 2 is 0.579 bits per heavy atom. The van der Waals surface area contributed by atoms with Crippen molar-refractivity contribution in [3.63, 3.8) is 0 Å². The molecule has 0 atom stereocenters. The fourth-order valence-electron chi connectivity index (χ4n) is 8.37. The first kappa shape index (κ1) is 33.5. The fourth-order valence-corrected chi connectivity index (χ4v) is 10.8. The van der Waals surface area contributed by atoms with Crippen molar-refractivity contribution in [2.75, 3.05) is 4.90 Å². The van der Waals surface area contributed by atoms with Crippen LogP contribution in [0.15, 0.2) is 212 Å². The van der Waals surface area contributed by atoms with Crippen LogP contribution in [-0.4, -0.2) is 0 Å². The van der Waals surface area contributed by atoms with Crippen LogP contribution < -0.4 is 4.90 Å². The van der Waals surface area contributed by atoms with Gasteiger partial charge < -0.3 is 4.90 Å². The molecule has 1 nitrogen and oxygen atoms in total. The Morgan fingerprint density at radius 1 is 0.246 bits per heavy atom. The first-order valence-electron chi connectivity index (χ1n) is 19.3. The lowest BCUT2D eigenvalue weighted by molar-refractivity contribution is 1.28. The zero-order chi connectivity index (χ0) is 37.7. The third-order valence-corrected chi connectivity index (χ3v) is 13.6. The summed E-state index contributed by atoms with van der Waals surface area (Å²) in [5.41, 5.74) is 13.2. The minimum Gasteiger partial charge on any atom is -0.311 e. The molecule has 0 aliphatic heterocycles. The lowest BCUT2D eigenvalue weighted by Crippen LogP contribution is -2.09. The Hall–Kier alpha value is -6.78. The van der Waals surface area contributed by atoms with Crippen LogP contribution in [0, 0.1) is 0 Å². The second-order valence-corrected chi connectivity index (χ2v) is 16.6. The third-order valence-electron chi connectivity index (χ3n) is 11.1. The number of hydrogen-bond donors (Lipinski definition) is 0. The smallest absolute Gasteiger partial charge is 0.0462 e. The summed E-state index contributed by atoms with van der Waals surface area (Å²) in [7, 11) is 0. The fraction of sp³-hybridized carbons (Fsp3) is 0. The molecule has 0 saturated carbocycles. The van der Waals surface area contributed by atoms with Crippen LogP contribution in [-0.2, 0) is 0 Å². The molecular weight excluding hydrogens is 727 g/mol. The van der Waals surface area contributed by atoms with Crippen molar-refractivity contribution in [1.82, 2.24) is 0 Å². The van der Waals surface area contributed by atoms with Gasteiger partial charge in [-0.3, -0.25) is 0 Å². The van der Waals surface area contributed by atoms with Gasteiger partial charge in [0.15, 0.2) is 0 Å². The van der Waals surface area contributed by atoms with E-state index in [1.165, 1.54) is 84.9 Å². The molecule has 0 amide bonds. The van der Waals surface area contributed by atoms with Gasteiger partial charge in [0.2, 0.25) is 0 Å². The molecule has 11 aromatic rings. The summed E-state index contributed by atoms with van der Waals surface area (Å²) in [4.78, 5) is 2.38. The van der Waals surface area contributed by atoms with E-state index in [9.17, 15) is 0 Å². The van der Waals surface area contributed by atoms with Gasteiger partial charge in [-0.25, -0.2) is 0 Å². The van der Waals surface area contributed by atoms with Crippen molar-refractivity contribution >= 4 is 80.1 Å². The SMILES string of the molecule is c1ccc(-c2ccccc2-c2ccc(N(c3ccc(-c4cccc5c4sc4ccccc45)cc3)c3ccc(-c4cccc5c4sc4ccccc45)cc3)cc2)cc1. The van der Waals surface area contributed by atoms with Crippen molar-refractivity contribution in [3.05, 3.63) is 212 Å². The molecule has 0 saturated heterocycles. The van der Waals surface area contributed by atoms with Gasteiger partial charge in [-0.1, -0.05) is 164 Å². The number of nitrogens with zero attached hydrogens (tertiary/aromatic N) is 1. The Bertz CT molecular complexity index is 3050. The second-order valence-electron chi connectivity index (χ2n) is 14.4. The lowest BCUT2D eigenvalue weighted by atomic mass is 9.94. The maximum absolute atomic E-state index is 2.38. The summed E-state index contributed by atoms with van der Waals surface area (Å²) in [5.74, 6) is 0. The van der Waals surface area contributed by atoms with E-state index in [-0.39, 0.29) is 0 Å². The molecule has 0 N–H and O–H groups in total. The van der Waals surface area contributed by atoms with E-state index < -0.39 is 0 Å². The molecule has 0 fully saturated rings. The van der Waals surface area contributed by atoms with Crippen LogP contribution >= 0.6 is 22.7 Å². The first-order chi connectivity index (χ1) is 28.3. The summed E-state index contributed by atoms with van der Waals surface area (Å²) in [5, 5.41) is 5.28. The van der Waals surface area contributed by atoms with E-state index in [2.05, 4.69) is 217 Å². The van der Waals surface area contributed by atoms with Gasteiger partial charge in [-0.15, -0.1) is 22.7 Å². The first-order valence-corrected chi connectivity index (χ1v) is 21.0. The van der Waals surface area contributed by atoms with E-state index in [4.69, 9.17) is 0 Å². The van der Waals surface area contributed by atoms with Gasteiger partial charge in [-0.05, 0) is 93.0 Å². The van der Waals surface area contributed by atoms with Gasteiger partial charge in [0.1, 0.15) is 0 Å². The van der Waals surface area contributed by atoms with Gasteiger partial charge in [-0.2, -0.15) is 0 Å². The zero-order valence-electron chi connectivity index (χ0n) is 31.0. The maximum Gasteiger partial charge on any atom is 0.0462 e. The van der Waals surface area contributed by atoms with Gasteiger partial charge >= 0.3 is 0 Å². The number of thiophene rings is 2. The second kappa shape index (κ2) is 14.1. The Kier molecular flexibility index (Phi) is 8.28. The predicted octanol–water partition coefficient (Wildman–Crippen LogP) is 16.6. The van der Waals surface area contributed by atoms with E-state index in [1.807, 2.05) is 22.7 Å². The molecule has 0 radical (unpaired) electrons. The molecular formula is C54H35NS2. The molecule has 2 heterocycles. The average molecular weight is 762 g/mol. The normalized spacial score (nSPS) is 11.5. The third kappa shape index (κ3) is 5.91. The molecule has 0 spiro atoms. The average Bonchev–Trinajstić information content (AvgIpc) is 3.87. The molecule has 0 unspecified atom stereocenters. The highest BCUT2D eigenvalue weighted by molar-refractivity contribution is 7.26. The van der Waals surface area contributed by atoms with Crippen LogP contribution in [0.5, 0.6) is 0 Å². The molecule has 57 heavy (non-hydrogen) atoms.